The molecule has 2 heterocycles. The number of piperidine rings is 1. The van der Waals surface area contributed by atoms with E-state index in [1.165, 1.54) is 0 Å². The molecule has 1 aliphatic heterocycles. The monoisotopic (exact) mass is 348 g/mol. The van der Waals surface area contributed by atoms with E-state index in [0.29, 0.717) is 18.8 Å². The average Bonchev–Trinajstić information content (AvgIpc) is 2.53. The molecule has 1 fully saturated rings. The van der Waals surface area contributed by atoms with Crippen molar-refractivity contribution in [2.45, 2.75) is 18.9 Å². The van der Waals surface area contributed by atoms with Gasteiger partial charge < -0.3 is 10.2 Å². The number of likely N-dealkylation sites (tertiary alicyclic amines) is 1. The molecule has 2 amide bonds. The molecule has 128 valence electrons. The van der Waals surface area contributed by atoms with Gasteiger partial charge in [-0.3, -0.25) is 4.98 Å². The Balaban J connectivity index is 1.67. The van der Waals surface area contributed by atoms with E-state index in [4.69, 9.17) is 0 Å². The quantitative estimate of drug-likeness (QED) is 0.884. The maximum atomic E-state index is 12.4. The standard InChI is InChI=1S/C16H20N4O3S/c1-24(22,23)19-13-6-4-8-20(11-13)16(21)18-14-9-12-5-2-3-7-15(12)17-10-14/h2-3,5,7,9-10,13,19H,4,6,8,11H2,1H3,(H,18,21)/t13-/m1/s1. The van der Waals surface area contributed by atoms with Gasteiger partial charge in [0.05, 0.1) is 23.7 Å². The van der Waals surface area contributed by atoms with Crippen LogP contribution in [0.5, 0.6) is 0 Å². The predicted octanol–water partition coefficient (Wildman–Crippen LogP) is 1.78. The average molecular weight is 348 g/mol. The summed E-state index contributed by atoms with van der Waals surface area (Å²) in [5.41, 5.74) is 1.49. The topological polar surface area (TPSA) is 91.4 Å². The lowest BCUT2D eigenvalue weighted by Gasteiger charge is -2.32. The van der Waals surface area contributed by atoms with Crippen molar-refractivity contribution in [1.82, 2.24) is 14.6 Å². The lowest BCUT2D eigenvalue weighted by Crippen LogP contribution is -2.50. The first-order valence-corrected chi connectivity index (χ1v) is 9.68. The minimum absolute atomic E-state index is 0.241. The highest BCUT2D eigenvalue weighted by Crippen LogP contribution is 2.17. The van der Waals surface area contributed by atoms with Crippen LogP contribution in [0.15, 0.2) is 36.5 Å². The van der Waals surface area contributed by atoms with Crippen molar-refractivity contribution in [3.05, 3.63) is 36.5 Å². The second-order valence-corrected chi connectivity index (χ2v) is 7.80. The van der Waals surface area contributed by atoms with Crippen LogP contribution < -0.4 is 10.0 Å². The number of rotatable bonds is 3. The van der Waals surface area contributed by atoms with Gasteiger partial charge in [-0.1, -0.05) is 18.2 Å². The molecule has 0 unspecified atom stereocenters. The third-order valence-electron chi connectivity index (χ3n) is 3.93. The van der Waals surface area contributed by atoms with Crippen molar-refractivity contribution in [2.75, 3.05) is 24.7 Å². The van der Waals surface area contributed by atoms with Crippen molar-refractivity contribution in [1.29, 1.82) is 0 Å². The van der Waals surface area contributed by atoms with Gasteiger partial charge in [-0.15, -0.1) is 0 Å². The molecule has 0 spiro atoms. The van der Waals surface area contributed by atoms with Crippen LogP contribution in [-0.4, -0.2) is 49.7 Å². The van der Waals surface area contributed by atoms with Crippen LogP contribution in [-0.2, 0) is 10.0 Å². The number of sulfonamides is 1. The highest BCUT2D eigenvalue weighted by molar-refractivity contribution is 7.88. The van der Waals surface area contributed by atoms with Gasteiger partial charge in [-0.25, -0.2) is 17.9 Å². The summed E-state index contributed by atoms with van der Waals surface area (Å²) in [7, 11) is -3.27. The number of pyridine rings is 1. The molecule has 8 heteroatoms. The van der Waals surface area contributed by atoms with Crippen molar-refractivity contribution < 1.29 is 13.2 Å². The molecule has 0 aliphatic carbocycles. The van der Waals surface area contributed by atoms with E-state index in [2.05, 4.69) is 15.0 Å². The molecule has 3 rings (SSSR count). The van der Waals surface area contributed by atoms with Gasteiger partial charge in [0.25, 0.3) is 0 Å². The van der Waals surface area contributed by atoms with Crippen molar-refractivity contribution in [3.63, 3.8) is 0 Å². The number of fused-ring (bicyclic) bond motifs is 1. The molecule has 24 heavy (non-hydrogen) atoms. The molecule has 2 aromatic rings. The third-order valence-corrected chi connectivity index (χ3v) is 4.69. The number of para-hydroxylation sites is 1. The highest BCUT2D eigenvalue weighted by Gasteiger charge is 2.25. The van der Waals surface area contributed by atoms with Crippen LogP contribution in [0.3, 0.4) is 0 Å². The number of benzene rings is 1. The lowest BCUT2D eigenvalue weighted by atomic mass is 10.1. The van der Waals surface area contributed by atoms with Crippen LogP contribution in [0.25, 0.3) is 10.9 Å². The fourth-order valence-corrected chi connectivity index (χ4v) is 3.70. The van der Waals surface area contributed by atoms with Gasteiger partial charge in [0.15, 0.2) is 0 Å². The molecule has 0 radical (unpaired) electrons. The van der Waals surface area contributed by atoms with Gasteiger partial charge in [-0.05, 0) is 25.0 Å². The first kappa shape index (κ1) is 16.7. The van der Waals surface area contributed by atoms with E-state index in [-0.39, 0.29) is 12.1 Å². The van der Waals surface area contributed by atoms with Crippen LogP contribution in [0.4, 0.5) is 10.5 Å². The van der Waals surface area contributed by atoms with Crippen LogP contribution in [0, 0.1) is 0 Å². The molecule has 0 saturated carbocycles. The smallest absolute Gasteiger partial charge is 0.321 e. The predicted molar refractivity (Wildman–Crippen MR) is 93.3 cm³/mol. The number of nitrogens with zero attached hydrogens (tertiary/aromatic N) is 2. The van der Waals surface area contributed by atoms with Crippen LogP contribution in [0.2, 0.25) is 0 Å². The molecule has 1 aromatic carbocycles. The molecule has 0 bridgehead atoms. The van der Waals surface area contributed by atoms with E-state index in [1.54, 1.807) is 11.1 Å². The first-order valence-electron chi connectivity index (χ1n) is 7.79. The number of hydrogen-bond acceptors (Lipinski definition) is 4. The van der Waals surface area contributed by atoms with E-state index in [1.807, 2.05) is 30.3 Å². The van der Waals surface area contributed by atoms with Gasteiger partial charge in [0.2, 0.25) is 10.0 Å². The minimum atomic E-state index is -3.27. The van der Waals surface area contributed by atoms with Gasteiger partial charge >= 0.3 is 6.03 Å². The Kier molecular flexibility index (Phi) is 4.68. The number of urea groups is 1. The summed E-state index contributed by atoms with van der Waals surface area (Å²) < 4.78 is 25.3. The van der Waals surface area contributed by atoms with Crippen LogP contribution >= 0.6 is 0 Å². The Morgan fingerprint density at radius 1 is 1.33 bits per heavy atom. The summed E-state index contributed by atoms with van der Waals surface area (Å²) in [6.45, 7) is 0.967. The summed E-state index contributed by atoms with van der Waals surface area (Å²) in [6.07, 6.45) is 4.24. The Labute approximate surface area is 141 Å². The van der Waals surface area contributed by atoms with E-state index in [0.717, 1.165) is 30.0 Å². The van der Waals surface area contributed by atoms with E-state index >= 15 is 0 Å². The zero-order valence-electron chi connectivity index (χ0n) is 13.4. The maximum absolute atomic E-state index is 12.4. The zero-order valence-corrected chi connectivity index (χ0v) is 14.2. The van der Waals surface area contributed by atoms with Gasteiger partial charge in [0, 0.05) is 24.5 Å². The highest BCUT2D eigenvalue weighted by atomic mass is 32.2. The van der Waals surface area contributed by atoms with Crippen molar-refractivity contribution >= 4 is 32.6 Å². The summed E-state index contributed by atoms with van der Waals surface area (Å²) in [5, 5.41) is 3.78. The molecule has 2 N–H and O–H groups in total. The number of carbonyl (C=O) groups excluding carboxylic acids is 1. The van der Waals surface area contributed by atoms with Gasteiger partial charge in [-0.2, -0.15) is 0 Å². The van der Waals surface area contributed by atoms with Gasteiger partial charge in [0.1, 0.15) is 0 Å². The van der Waals surface area contributed by atoms with E-state index in [9.17, 15) is 13.2 Å². The summed E-state index contributed by atoms with van der Waals surface area (Å²) in [5.74, 6) is 0. The molecule has 1 saturated heterocycles. The Hall–Kier alpha value is -2.19. The number of hydrogen-bond donors (Lipinski definition) is 2. The summed E-state index contributed by atoms with van der Waals surface area (Å²) >= 11 is 0. The molecular weight excluding hydrogens is 328 g/mol. The van der Waals surface area contributed by atoms with Crippen molar-refractivity contribution in [3.8, 4) is 0 Å². The Morgan fingerprint density at radius 3 is 2.92 bits per heavy atom. The zero-order chi connectivity index (χ0) is 17.2. The molecule has 1 aliphatic rings. The normalized spacial score (nSPS) is 18.5. The molecule has 1 aromatic heterocycles. The lowest BCUT2D eigenvalue weighted by molar-refractivity contribution is 0.190. The number of anilines is 1. The summed E-state index contributed by atoms with van der Waals surface area (Å²) in [6, 6.07) is 9.06. The SMILES string of the molecule is CS(=O)(=O)N[C@@H]1CCCN(C(=O)Nc2cnc3ccccc3c2)C1. The van der Waals surface area contributed by atoms with Crippen molar-refractivity contribution in [2.24, 2.45) is 0 Å². The minimum Gasteiger partial charge on any atom is -0.323 e. The van der Waals surface area contributed by atoms with Crippen LogP contribution in [0.1, 0.15) is 12.8 Å². The second kappa shape index (κ2) is 6.74. The third kappa shape index (κ3) is 4.21. The number of carbonyl (C=O) groups is 1. The Bertz CT molecular complexity index is 853. The summed E-state index contributed by atoms with van der Waals surface area (Å²) in [4.78, 5) is 18.4. The number of amides is 2. The molecule has 7 nitrogen and oxygen atoms in total. The number of nitrogens with one attached hydrogen (secondary N) is 2. The second-order valence-electron chi connectivity index (χ2n) is 6.02. The largest absolute Gasteiger partial charge is 0.323 e. The first-order chi connectivity index (χ1) is 11.4. The fraction of sp³-hybridized carbons (Fsp3) is 0.375. The Morgan fingerprint density at radius 2 is 2.12 bits per heavy atom. The maximum Gasteiger partial charge on any atom is 0.321 e. The van der Waals surface area contributed by atoms with E-state index < -0.39 is 10.0 Å². The molecular formula is C16H20N4O3S. The molecule has 1 atom stereocenters. The fourth-order valence-electron chi connectivity index (χ4n) is 2.90. The number of aromatic nitrogens is 1.